The van der Waals surface area contributed by atoms with Crippen molar-refractivity contribution in [1.29, 1.82) is 0 Å². The first kappa shape index (κ1) is 25.9. The summed E-state index contributed by atoms with van der Waals surface area (Å²) in [6.45, 7) is 0. The van der Waals surface area contributed by atoms with Gasteiger partial charge in [0.2, 0.25) is 0 Å². The molecule has 188 valence electrons. The molecule has 0 heterocycles. The molecule has 0 saturated carbocycles. The van der Waals surface area contributed by atoms with Gasteiger partial charge in [-0.25, -0.2) is 10.2 Å². The average molecular weight is 495 g/mol. The van der Waals surface area contributed by atoms with E-state index in [-0.39, 0.29) is 11.3 Å². The minimum Gasteiger partial charge on any atom is -0.493 e. The molecule has 0 aliphatic heterocycles. The highest BCUT2D eigenvalue weighted by molar-refractivity contribution is 5.95. The van der Waals surface area contributed by atoms with Gasteiger partial charge in [-0.1, -0.05) is 0 Å². The zero-order valence-corrected chi connectivity index (χ0v) is 20.5. The first-order valence-electron chi connectivity index (χ1n) is 10.6. The van der Waals surface area contributed by atoms with Crippen molar-refractivity contribution in [2.24, 2.45) is 5.10 Å². The van der Waals surface area contributed by atoms with Crippen molar-refractivity contribution in [2.75, 3.05) is 35.5 Å². The van der Waals surface area contributed by atoms with E-state index in [0.717, 1.165) is 0 Å². The quantitative estimate of drug-likeness (QED) is 0.196. The molecular weight excluding hydrogens is 468 g/mol. The molecule has 0 aliphatic carbocycles. The molecule has 1 N–H and O–H groups in total. The third-order valence-corrected chi connectivity index (χ3v) is 5.04. The van der Waals surface area contributed by atoms with Crippen molar-refractivity contribution in [3.8, 4) is 34.5 Å². The largest absolute Gasteiger partial charge is 0.493 e. The van der Waals surface area contributed by atoms with E-state index in [1.807, 2.05) is 0 Å². The molecule has 3 aromatic rings. The number of nitrogens with one attached hydrogen (secondary N) is 1. The van der Waals surface area contributed by atoms with Crippen LogP contribution in [-0.2, 0) is 0 Å². The number of rotatable bonds is 10. The zero-order chi connectivity index (χ0) is 26.1. The number of hydrogen-bond donors (Lipinski definition) is 1. The van der Waals surface area contributed by atoms with Crippen molar-refractivity contribution in [3.05, 3.63) is 71.3 Å². The van der Waals surface area contributed by atoms with Gasteiger partial charge in [-0.05, 0) is 60.2 Å². The van der Waals surface area contributed by atoms with Gasteiger partial charge < -0.3 is 28.4 Å². The lowest BCUT2D eigenvalue weighted by molar-refractivity contribution is 0.0729. The van der Waals surface area contributed by atoms with Crippen LogP contribution in [0.1, 0.15) is 26.3 Å². The molecule has 0 aliphatic rings. The van der Waals surface area contributed by atoms with Crippen LogP contribution in [0.25, 0.3) is 0 Å². The fourth-order valence-corrected chi connectivity index (χ4v) is 3.18. The zero-order valence-electron chi connectivity index (χ0n) is 20.5. The van der Waals surface area contributed by atoms with Crippen LogP contribution >= 0.6 is 0 Å². The Kier molecular flexibility index (Phi) is 8.71. The molecule has 36 heavy (non-hydrogen) atoms. The maximum absolute atomic E-state index is 12.6. The second kappa shape index (κ2) is 12.1. The number of nitrogens with zero attached hydrogens (tertiary/aromatic N) is 1. The molecule has 3 aromatic carbocycles. The number of carbonyl (C=O) groups is 2. The molecule has 0 radical (unpaired) electrons. The summed E-state index contributed by atoms with van der Waals surface area (Å²) in [7, 11) is 7.43. The molecule has 10 heteroatoms. The van der Waals surface area contributed by atoms with Crippen molar-refractivity contribution in [1.82, 2.24) is 5.43 Å². The van der Waals surface area contributed by atoms with Gasteiger partial charge in [-0.3, -0.25) is 4.79 Å². The Balaban J connectivity index is 1.69. The Hall–Kier alpha value is -4.73. The molecule has 0 atom stereocenters. The summed E-state index contributed by atoms with van der Waals surface area (Å²) in [4.78, 5) is 25.0. The number of methoxy groups -OCH3 is 5. The van der Waals surface area contributed by atoms with E-state index < -0.39 is 11.9 Å². The third-order valence-electron chi connectivity index (χ3n) is 5.04. The van der Waals surface area contributed by atoms with E-state index in [0.29, 0.717) is 39.9 Å². The maximum Gasteiger partial charge on any atom is 0.343 e. The number of benzene rings is 3. The van der Waals surface area contributed by atoms with E-state index in [4.69, 9.17) is 28.4 Å². The first-order chi connectivity index (χ1) is 17.4. The summed E-state index contributed by atoms with van der Waals surface area (Å²) < 4.78 is 31.6. The average Bonchev–Trinajstić information content (AvgIpc) is 2.92. The van der Waals surface area contributed by atoms with Crippen LogP contribution in [0.15, 0.2) is 59.7 Å². The predicted molar refractivity (Wildman–Crippen MR) is 132 cm³/mol. The number of amides is 1. The Bertz CT molecular complexity index is 1270. The topological polar surface area (TPSA) is 114 Å². The molecule has 10 nitrogen and oxygen atoms in total. The summed E-state index contributed by atoms with van der Waals surface area (Å²) in [5.74, 6) is 1.32. The van der Waals surface area contributed by atoms with E-state index >= 15 is 0 Å². The van der Waals surface area contributed by atoms with E-state index in [1.54, 1.807) is 48.5 Å². The lowest BCUT2D eigenvalue weighted by Gasteiger charge is -2.12. The molecule has 1 amide bonds. The second-order valence-corrected chi connectivity index (χ2v) is 7.14. The standard InChI is InChI=1S/C26H26N2O8/c1-31-19-10-7-17(13-23(19)34-4)25(29)28-27-15-16-6-9-21(22(12-16)33-3)36-26(30)18-8-11-20(32-2)24(14-18)35-5/h6-15H,1-5H3,(H,28,29)/b27-15+. The molecule has 0 bridgehead atoms. The number of esters is 1. The summed E-state index contributed by atoms with van der Waals surface area (Å²) in [6, 6.07) is 14.3. The van der Waals surface area contributed by atoms with Gasteiger partial charge in [-0.2, -0.15) is 5.10 Å². The highest BCUT2D eigenvalue weighted by Crippen LogP contribution is 2.31. The second-order valence-electron chi connectivity index (χ2n) is 7.14. The third kappa shape index (κ3) is 6.03. The van der Waals surface area contributed by atoms with Crippen LogP contribution in [0.2, 0.25) is 0 Å². The molecule has 3 rings (SSSR count). The van der Waals surface area contributed by atoms with Crippen LogP contribution in [-0.4, -0.2) is 53.6 Å². The summed E-state index contributed by atoms with van der Waals surface area (Å²) in [5.41, 5.74) is 3.67. The fraction of sp³-hybridized carbons (Fsp3) is 0.192. The van der Waals surface area contributed by atoms with E-state index in [9.17, 15) is 9.59 Å². The van der Waals surface area contributed by atoms with Crippen molar-refractivity contribution in [2.45, 2.75) is 0 Å². The summed E-state index contributed by atoms with van der Waals surface area (Å²) in [5, 5.41) is 3.98. The van der Waals surface area contributed by atoms with Crippen LogP contribution < -0.4 is 33.8 Å². The van der Waals surface area contributed by atoms with Crippen LogP contribution in [0.3, 0.4) is 0 Å². The number of hydrogen-bond acceptors (Lipinski definition) is 9. The smallest absolute Gasteiger partial charge is 0.343 e. The highest BCUT2D eigenvalue weighted by Gasteiger charge is 2.16. The first-order valence-corrected chi connectivity index (χ1v) is 10.6. The minimum atomic E-state index is -0.599. The van der Waals surface area contributed by atoms with E-state index in [1.165, 1.54) is 47.8 Å². The SMILES string of the molecule is COc1ccc(C(=O)N/N=C/c2ccc(OC(=O)c3ccc(OC)c(OC)c3)c(OC)c2)cc1OC. The number of carbonyl (C=O) groups excluding carboxylic acids is 2. The predicted octanol–water partition coefficient (Wildman–Crippen LogP) is 3.71. The van der Waals surface area contributed by atoms with Gasteiger partial charge in [0, 0.05) is 5.56 Å². The number of ether oxygens (including phenoxy) is 6. The summed E-state index contributed by atoms with van der Waals surface area (Å²) in [6.07, 6.45) is 1.43. The van der Waals surface area contributed by atoms with Gasteiger partial charge in [0.05, 0.1) is 47.3 Å². The normalized spacial score (nSPS) is 10.5. The number of hydrazone groups is 1. The molecular formula is C26H26N2O8. The Morgan fingerprint density at radius 2 is 1.14 bits per heavy atom. The van der Waals surface area contributed by atoms with Crippen molar-refractivity contribution in [3.63, 3.8) is 0 Å². The monoisotopic (exact) mass is 494 g/mol. The van der Waals surface area contributed by atoms with Gasteiger partial charge in [0.1, 0.15) is 0 Å². The van der Waals surface area contributed by atoms with E-state index in [2.05, 4.69) is 10.5 Å². The van der Waals surface area contributed by atoms with Gasteiger partial charge in [0.25, 0.3) is 5.91 Å². The van der Waals surface area contributed by atoms with Gasteiger partial charge in [0.15, 0.2) is 34.5 Å². The Labute approximate surface area is 208 Å². The Morgan fingerprint density at radius 3 is 1.72 bits per heavy atom. The molecule has 0 spiro atoms. The molecule has 0 aromatic heterocycles. The fourth-order valence-electron chi connectivity index (χ4n) is 3.18. The van der Waals surface area contributed by atoms with Crippen LogP contribution in [0.4, 0.5) is 0 Å². The molecule has 0 fully saturated rings. The molecule has 0 saturated heterocycles. The maximum atomic E-state index is 12.6. The highest BCUT2D eigenvalue weighted by atomic mass is 16.6. The van der Waals surface area contributed by atoms with Crippen molar-refractivity contribution >= 4 is 18.1 Å². The minimum absolute atomic E-state index is 0.212. The summed E-state index contributed by atoms with van der Waals surface area (Å²) >= 11 is 0. The van der Waals surface area contributed by atoms with Crippen LogP contribution in [0.5, 0.6) is 34.5 Å². The van der Waals surface area contributed by atoms with Gasteiger partial charge >= 0.3 is 5.97 Å². The lowest BCUT2D eigenvalue weighted by atomic mass is 10.2. The molecule has 0 unspecified atom stereocenters. The Morgan fingerprint density at radius 1 is 0.639 bits per heavy atom. The van der Waals surface area contributed by atoms with Crippen LogP contribution in [0, 0.1) is 0 Å². The van der Waals surface area contributed by atoms with Crippen molar-refractivity contribution < 1.29 is 38.0 Å². The lowest BCUT2D eigenvalue weighted by Crippen LogP contribution is -2.17. The van der Waals surface area contributed by atoms with Gasteiger partial charge in [-0.15, -0.1) is 0 Å².